The van der Waals surface area contributed by atoms with Crippen LogP contribution in [0.25, 0.3) is 0 Å². The zero-order valence-corrected chi connectivity index (χ0v) is 10.5. The van der Waals surface area contributed by atoms with Gasteiger partial charge in [-0.05, 0) is 17.7 Å². The van der Waals surface area contributed by atoms with Crippen molar-refractivity contribution in [2.24, 2.45) is 0 Å². The molecular formula is C13H15NO5. The number of ether oxygens (including phenoxy) is 2. The van der Waals surface area contributed by atoms with Crippen molar-refractivity contribution in [1.82, 2.24) is 4.90 Å². The van der Waals surface area contributed by atoms with E-state index in [0.717, 1.165) is 11.3 Å². The summed E-state index contributed by atoms with van der Waals surface area (Å²) in [4.78, 5) is 24.0. The van der Waals surface area contributed by atoms with E-state index in [1.54, 1.807) is 19.2 Å². The molecule has 102 valence electrons. The highest BCUT2D eigenvalue weighted by Gasteiger charge is 2.30. The monoisotopic (exact) mass is 265 g/mol. The summed E-state index contributed by atoms with van der Waals surface area (Å²) in [6.45, 7) is 0.253. The highest BCUT2D eigenvalue weighted by Crippen LogP contribution is 2.15. The van der Waals surface area contributed by atoms with Gasteiger partial charge < -0.3 is 19.5 Å². The Morgan fingerprint density at radius 1 is 1.47 bits per heavy atom. The van der Waals surface area contributed by atoms with Crippen LogP contribution in [-0.2, 0) is 20.9 Å². The van der Waals surface area contributed by atoms with Crippen molar-refractivity contribution in [3.8, 4) is 5.75 Å². The number of carbonyl (C=O) groups excluding carboxylic acids is 1. The molecule has 1 N–H and O–H groups in total. The van der Waals surface area contributed by atoms with Crippen LogP contribution in [0.5, 0.6) is 5.75 Å². The van der Waals surface area contributed by atoms with Crippen LogP contribution in [0.2, 0.25) is 0 Å². The number of nitrogens with zero attached hydrogens (tertiary/aromatic N) is 1. The lowest BCUT2D eigenvalue weighted by Crippen LogP contribution is -2.49. The molecule has 1 saturated heterocycles. The molecule has 1 unspecified atom stereocenters. The largest absolute Gasteiger partial charge is 0.497 e. The minimum absolute atomic E-state index is 0.0696. The summed E-state index contributed by atoms with van der Waals surface area (Å²) in [7, 11) is 1.58. The predicted octanol–water partition coefficient (Wildman–Crippen LogP) is 0.507. The van der Waals surface area contributed by atoms with Crippen LogP contribution >= 0.6 is 0 Å². The molecule has 1 atom stereocenters. The summed E-state index contributed by atoms with van der Waals surface area (Å²) in [6, 6.07) is 7.29. The van der Waals surface area contributed by atoms with Gasteiger partial charge in [-0.1, -0.05) is 12.1 Å². The summed E-state index contributed by atoms with van der Waals surface area (Å²) in [6.07, 6.45) is -0.948. The van der Waals surface area contributed by atoms with Crippen molar-refractivity contribution in [3.63, 3.8) is 0 Å². The third kappa shape index (κ3) is 3.23. The molecule has 0 radical (unpaired) electrons. The Hall–Kier alpha value is -2.08. The second kappa shape index (κ2) is 5.71. The van der Waals surface area contributed by atoms with Crippen molar-refractivity contribution in [3.05, 3.63) is 29.8 Å². The molecule has 0 aromatic heterocycles. The molecule has 1 aromatic rings. The van der Waals surface area contributed by atoms with Crippen molar-refractivity contribution in [1.29, 1.82) is 0 Å². The van der Waals surface area contributed by atoms with Gasteiger partial charge in [0, 0.05) is 6.54 Å². The number of hydrogen-bond donors (Lipinski definition) is 1. The lowest BCUT2D eigenvalue weighted by Gasteiger charge is -2.30. The number of aliphatic carboxylic acids is 1. The van der Waals surface area contributed by atoms with Crippen LogP contribution in [0, 0.1) is 0 Å². The maximum absolute atomic E-state index is 11.7. The molecule has 0 bridgehead atoms. The Morgan fingerprint density at radius 2 is 2.16 bits per heavy atom. The number of benzene rings is 1. The van der Waals surface area contributed by atoms with Crippen LogP contribution in [0.15, 0.2) is 24.3 Å². The predicted molar refractivity (Wildman–Crippen MR) is 65.8 cm³/mol. The fraction of sp³-hybridized carbons (Fsp3) is 0.385. The average Bonchev–Trinajstić information content (AvgIpc) is 2.42. The molecule has 1 aromatic carbocycles. The Labute approximate surface area is 110 Å². The molecule has 1 fully saturated rings. The van der Waals surface area contributed by atoms with E-state index in [1.165, 1.54) is 4.90 Å². The Kier molecular flexibility index (Phi) is 4.01. The molecular weight excluding hydrogens is 250 g/mol. The molecule has 1 aliphatic heterocycles. The van der Waals surface area contributed by atoms with Gasteiger partial charge in [0.2, 0.25) is 5.91 Å². The fourth-order valence-electron chi connectivity index (χ4n) is 1.87. The van der Waals surface area contributed by atoms with E-state index < -0.39 is 12.1 Å². The Morgan fingerprint density at radius 3 is 2.74 bits per heavy atom. The smallest absolute Gasteiger partial charge is 0.334 e. The molecule has 1 heterocycles. The molecule has 0 aliphatic carbocycles. The third-order valence-corrected chi connectivity index (χ3v) is 2.95. The van der Waals surface area contributed by atoms with Gasteiger partial charge in [0.1, 0.15) is 12.4 Å². The average molecular weight is 265 g/mol. The normalized spacial score (nSPS) is 19.3. The van der Waals surface area contributed by atoms with E-state index in [0.29, 0.717) is 6.54 Å². The van der Waals surface area contributed by atoms with Gasteiger partial charge in [0.25, 0.3) is 0 Å². The zero-order chi connectivity index (χ0) is 13.8. The zero-order valence-electron chi connectivity index (χ0n) is 10.5. The summed E-state index contributed by atoms with van der Waals surface area (Å²) in [5.74, 6) is -0.513. The quantitative estimate of drug-likeness (QED) is 0.858. The number of carboxylic acids is 1. The Bertz CT molecular complexity index is 470. The first-order valence-corrected chi connectivity index (χ1v) is 5.85. The fourth-order valence-corrected chi connectivity index (χ4v) is 1.87. The van der Waals surface area contributed by atoms with E-state index in [1.807, 2.05) is 12.1 Å². The van der Waals surface area contributed by atoms with Crippen LogP contribution in [-0.4, -0.2) is 48.2 Å². The lowest BCUT2D eigenvalue weighted by atomic mass is 10.2. The summed E-state index contributed by atoms with van der Waals surface area (Å²) in [5.41, 5.74) is 0.917. The number of rotatable bonds is 4. The number of carboxylic acid groups (broad SMARTS) is 1. The van der Waals surface area contributed by atoms with E-state index in [4.69, 9.17) is 14.6 Å². The van der Waals surface area contributed by atoms with Gasteiger partial charge >= 0.3 is 5.97 Å². The first-order valence-electron chi connectivity index (χ1n) is 5.85. The van der Waals surface area contributed by atoms with E-state index >= 15 is 0 Å². The summed E-state index contributed by atoms with van der Waals surface area (Å²) < 4.78 is 10.00. The SMILES string of the molecule is COc1ccc(CN2CC(C(=O)O)OCC2=O)cc1. The molecule has 6 nitrogen and oxygen atoms in total. The second-order valence-electron chi connectivity index (χ2n) is 4.26. The van der Waals surface area contributed by atoms with Crippen LogP contribution in [0.1, 0.15) is 5.56 Å². The number of methoxy groups -OCH3 is 1. The lowest BCUT2D eigenvalue weighted by molar-refractivity contribution is -0.165. The van der Waals surface area contributed by atoms with Gasteiger partial charge in [0.15, 0.2) is 6.10 Å². The van der Waals surface area contributed by atoms with Crippen molar-refractivity contribution >= 4 is 11.9 Å². The summed E-state index contributed by atoms with van der Waals surface area (Å²) >= 11 is 0. The molecule has 0 saturated carbocycles. The van der Waals surface area contributed by atoms with Crippen LogP contribution in [0.3, 0.4) is 0 Å². The first kappa shape index (κ1) is 13.4. The Balaban J connectivity index is 2.03. The molecule has 0 spiro atoms. The van der Waals surface area contributed by atoms with Gasteiger partial charge in [-0.2, -0.15) is 0 Å². The van der Waals surface area contributed by atoms with Crippen LogP contribution in [0.4, 0.5) is 0 Å². The van der Waals surface area contributed by atoms with E-state index in [-0.39, 0.29) is 19.1 Å². The number of carbonyl (C=O) groups is 2. The minimum atomic E-state index is -1.05. The van der Waals surface area contributed by atoms with E-state index in [2.05, 4.69) is 0 Å². The minimum Gasteiger partial charge on any atom is -0.497 e. The standard InChI is InChI=1S/C13H15NO5/c1-18-10-4-2-9(3-5-10)6-14-7-11(13(16)17)19-8-12(14)15/h2-5,11H,6-8H2,1H3,(H,16,17). The number of hydrogen-bond acceptors (Lipinski definition) is 4. The highest BCUT2D eigenvalue weighted by molar-refractivity contribution is 5.81. The topological polar surface area (TPSA) is 76.1 Å². The number of amides is 1. The van der Waals surface area contributed by atoms with Gasteiger partial charge in [-0.3, -0.25) is 4.79 Å². The maximum Gasteiger partial charge on any atom is 0.334 e. The van der Waals surface area contributed by atoms with Crippen LogP contribution < -0.4 is 4.74 Å². The molecule has 1 aliphatic rings. The number of morpholine rings is 1. The van der Waals surface area contributed by atoms with E-state index in [9.17, 15) is 9.59 Å². The second-order valence-corrected chi connectivity index (χ2v) is 4.26. The van der Waals surface area contributed by atoms with Crippen molar-refractivity contribution in [2.45, 2.75) is 12.6 Å². The molecule has 6 heteroatoms. The molecule has 1 amide bonds. The first-order chi connectivity index (χ1) is 9.10. The van der Waals surface area contributed by atoms with Gasteiger partial charge in [-0.25, -0.2) is 4.79 Å². The van der Waals surface area contributed by atoms with Gasteiger partial charge in [-0.15, -0.1) is 0 Å². The summed E-state index contributed by atoms with van der Waals surface area (Å²) in [5, 5.41) is 8.90. The third-order valence-electron chi connectivity index (χ3n) is 2.95. The molecule has 2 rings (SSSR count). The highest BCUT2D eigenvalue weighted by atomic mass is 16.5. The maximum atomic E-state index is 11.7. The molecule has 19 heavy (non-hydrogen) atoms. The van der Waals surface area contributed by atoms with Crippen molar-refractivity contribution < 1.29 is 24.2 Å². The van der Waals surface area contributed by atoms with Crippen molar-refractivity contribution in [2.75, 3.05) is 20.3 Å². The van der Waals surface area contributed by atoms with Gasteiger partial charge in [0.05, 0.1) is 13.7 Å².